The molecule has 1 amide bonds. The molecule has 51 heavy (non-hydrogen) atoms. The quantitative estimate of drug-likeness (QED) is 0.0419. The molecule has 0 aliphatic rings. The van der Waals surface area contributed by atoms with E-state index in [-0.39, 0.29) is 5.91 Å². The summed E-state index contributed by atoms with van der Waals surface area (Å²) >= 11 is 0. The van der Waals surface area contributed by atoms with Crippen LogP contribution in [-0.2, 0) is 21.5 Å². The number of methoxy groups -OCH3 is 2. The summed E-state index contributed by atoms with van der Waals surface area (Å²) in [5.74, 6) is -0.376. The number of likely N-dealkylation sites (N-methyl/N-ethyl adjacent to an activating group) is 1. The number of nitrogens with zero attached hydrogens (tertiary/aromatic N) is 3. The zero-order chi connectivity index (χ0) is 37.7. The molecule has 3 unspecified atom stereocenters. The number of benzene rings is 2. The predicted octanol–water partition coefficient (Wildman–Crippen LogP) is 8.56. The molecule has 2 aromatic carbocycles. The number of rotatable bonds is 27. The van der Waals surface area contributed by atoms with Gasteiger partial charge in [-0.1, -0.05) is 95.4 Å². The Labute approximate surface area is 306 Å². The normalized spacial score (nSPS) is 14.1. The number of nitriles is 1. The van der Waals surface area contributed by atoms with Gasteiger partial charge >= 0.3 is 0 Å². The van der Waals surface area contributed by atoms with Crippen molar-refractivity contribution in [2.75, 3.05) is 34.4 Å². The van der Waals surface area contributed by atoms with Gasteiger partial charge < -0.3 is 24.4 Å². The van der Waals surface area contributed by atoms with Crippen molar-refractivity contribution in [3.63, 3.8) is 0 Å². The summed E-state index contributed by atoms with van der Waals surface area (Å²) in [6.45, 7) is 8.09. The summed E-state index contributed by atoms with van der Waals surface area (Å²) in [5.41, 5.74) is 1.17. The first-order valence-corrected chi connectivity index (χ1v) is 18.6. The van der Waals surface area contributed by atoms with E-state index in [1.54, 1.807) is 33.3 Å². The molecule has 3 atom stereocenters. The Morgan fingerprint density at radius 1 is 0.922 bits per heavy atom. The summed E-state index contributed by atoms with van der Waals surface area (Å²) in [6, 6.07) is 15.1. The van der Waals surface area contributed by atoms with Crippen LogP contribution in [0.5, 0.6) is 17.2 Å². The first-order valence-electron chi connectivity index (χ1n) is 18.6. The lowest BCUT2D eigenvalue weighted by Gasteiger charge is -2.34. The molecule has 2 aromatic rings. The summed E-state index contributed by atoms with van der Waals surface area (Å²) in [6.07, 6.45) is 15.3. The third kappa shape index (κ3) is 14.6. The van der Waals surface area contributed by atoms with Crippen molar-refractivity contribution in [3.05, 3.63) is 63.7 Å². The second-order valence-electron chi connectivity index (χ2n) is 13.8. The Morgan fingerprint density at radius 3 is 2.12 bits per heavy atom. The number of nitrogens with one attached hydrogen (secondary N) is 1. The molecule has 0 saturated carbocycles. The number of hydrogen-bond donors (Lipinski definition) is 1. The van der Waals surface area contributed by atoms with E-state index >= 15 is 0 Å². The van der Waals surface area contributed by atoms with Crippen molar-refractivity contribution in [3.8, 4) is 23.3 Å². The third-order valence-electron chi connectivity index (χ3n) is 9.76. The van der Waals surface area contributed by atoms with E-state index in [9.17, 15) is 20.2 Å². The Morgan fingerprint density at radius 2 is 1.53 bits per heavy atom. The predicted molar refractivity (Wildman–Crippen MR) is 201 cm³/mol. The molecule has 284 valence electrons. The third-order valence-corrected chi connectivity index (χ3v) is 9.76. The first kappa shape index (κ1) is 43.1. The van der Waals surface area contributed by atoms with Crippen LogP contribution in [0.15, 0.2) is 42.5 Å². The largest absolute Gasteiger partial charge is 0.493 e. The van der Waals surface area contributed by atoms with Crippen LogP contribution in [0.1, 0.15) is 122 Å². The number of carbonyl (C=O) groups excluding carboxylic acids is 1. The maximum atomic E-state index is 11.7. The number of hydrogen-bond acceptors (Lipinski definition) is 9. The minimum atomic E-state index is -1.74. The van der Waals surface area contributed by atoms with Gasteiger partial charge in [-0.3, -0.25) is 9.63 Å². The SMILES string of the molecule is CCCCCCCCCCCCC(C#N)(CCCN(C)CCc1ccccc1OC(C)(O[N+](=O)[O-])C(C)NC(C)=O)c1ccc(OC)c(OC)c1. The van der Waals surface area contributed by atoms with Crippen molar-refractivity contribution < 1.29 is 28.9 Å². The van der Waals surface area contributed by atoms with E-state index in [0.29, 0.717) is 36.6 Å². The Hall–Kier alpha value is -4.04. The second kappa shape index (κ2) is 22.7. The van der Waals surface area contributed by atoms with Crippen LogP contribution in [0.4, 0.5) is 0 Å². The van der Waals surface area contributed by atoms with Crippen molar-refractivity contribution in [2.24, 2.45) is 0 Å². The standard InChI is InChI=1S/C40H62N4O7/c1-8-9-10-11-12-13-14-15-16-19-26-40(31-41,35-23-24-37(48-6)38(30-35)49-7)27-20-28-43(5)29-25-34-21-17-18-22-36(34)50-39(4,51-44(46)47)32(2)42-33(3)45/h17-18,21-24,30,32H,8-16,19-20,25-29H2,1-7H3,(H,42,45). The van der Waals surface area contributed by atoms with Gasteiger partial charge in [0, 0.05) is 20.4 Å². The Kier molecular flexibility index (Phi) is 19.2. The molecular formula is C40H62N4O7. The smallest absolute Gasteiger partial charge is 0.298 e. The number of para-hydroxylation sites is 1. The molecule has 0 radical (unpaired) electrons. The van der Waals surface area contributed by atoms with E-state index in [4.69, 9.17) is 19.0 Å². The molecule has 0 aromatic heterocycles. The van der Waals surface area contributed by atoms with Crippen LogP contribution in [0, 0.1) is 21.4 Å². The lowest BCUT2D eigenvalue weighted by molar-refractivity contribution is -0.793. The topological polar surface area (TPSA) is 136 Å². The molecule has 0 heterocycles. The van der Waals surface area contributed by atoms with E-state index in [2.05, 4.69) is 30.3 Å². The van der Waals surface area contributed by atoms with Gasteiger partial charge in [0.15, 0.2) is 11.5 Å². The average molecular weight is 711 g/mol. The molecule has 0 spiro atoms. The summed E-state index contributed by atoms with van der Waals surface area (Å²) in [4.78, 5) is 30.2. The van der Waals surface area contributed by atoms with Crippen molar-refractivity contribution in [1.82, 2.24) is 10.2 Å². The molecule has 11 nitrogen and oxygen atoms in total. The molecule has 0 aliphatic heterocycles. The fourth-order valence-corrected chi connectivity index (χ4v) is 6.51. The number of ether oxygens (including phenoxy) is 3. The van der Waals surface area contributed by atoms with Crippen LogP contribution in [0.25, 0.3) is 0 Å². The lowest BCUT2D eigenvalue weighted by atomic mass is 9.74. The number of carbonyl (C=O) groups is 1. The summed E-state index contributed by atoms with van der Waals surface area (Å²) in [5, 5.41) is 23.8. The zero-order valence-electron chi connectivity index (χ0n) is 32.1. The van der Waals surface area contributed by atoms with Gasteiger partial charge in [0.05, 0.1) is 31.7 Å². The van der Waals surface area contributed by atoms with E-state index in [1.807, 2.05) is 30.3 Å². The second-order valence-corrected chi connectivity index (χ2v) is 13.8. The van der Waals surface area contributed by atoms with Crippen molar-refractivity contribution >= 4 is 5.91 Å². The van der Waals surface area contributed by atoms with Crippen molar-refractivity contribution in [1.29, 1.82) is 5.26 Å². The van der Waals surface area contributed by atoms with E-state index in [0.717, 1.165) is 43.4 Å². The fraction of sp³-hybridized carbons (Fsp3) is 0.650. The molecule has 0 aliphatic carbocycles. The van der Waals surface area contributed by atoms with Gasteiger partial charge in [0.2, 0.25) is 5.91 Å². The maximum absolute atomic E-state index is 11.7. The maximum Gasteiger partial charge on any atom is 0.298 e. The fourth-order valence-electron chi connectivity index (χ4n) is 6.51. The molecule has 2 rings (SSSR count). The van der Waals surface area contributed by atoms with Gasteiger partial charge in [-0.05, 0) is 75.5 Å². The van der Waals surface area contributed by atoms with Gasteiger partial charge in [-0.25, -0.2) is 0 Å². The zero-order valence-corrected chi connectivity index (χ0v) is 32.1. The Bertz CT molecular complexity index is 1380. The molecule has 1 N–H and O–H groups in total. The minimum absolute atomic E-state index is 0.353. The van der Waals surface area contributed by atoms with Crippen LogP contribution in [0.3, 0.4) is 0 Å². The van der Waals surface area contributed by atoms with Gasteiger partial charge in [-0.2, -0.15) is 5.26 Å². The first-order chi connectivity index (χ1) is 24.4. The van der Waals surface area contributed by atoms with Crippen LogP contribution in [0.2, 0.25) is 0 Å². The van der Waals surface area contributed by atoms with Crippen LogP contribution < -0.4 is 19.5 Å². The Balaban J connectivity index is 2.07. The van der Waals surface area contributed by atoms with Gasteiger partial charge in [0.25, 0.3) is 10.9 Å². The molecular weight excluding hydrogens is 648 g/mol. The van der Waals surface area contributed by atoms with Crippen LogP contribution >= 0.6 is 0 Å². The number of unbranched alkanes of at least 4 members (excludes halogenated alkanes) is 9. The highest BCUT2D eigenvalue weighted by molar-refractivity contribution is 5.73. The van der Waals surface area contributed by atoms with E-state index in [1.165, 1.54) is 65.2 Å². The lowest BCUT2D eigenvalue weighted by Crippen LogP contribution is -2.55. The molecule has 0 saturated heterocycles. The average Bonchev–Trinajstić information content (AvgIpc) is 3.10. The summed E-state index contributed by atoms with van der Waals surface area (Å²) in [7, 11) is 5.29. The highest BCUT2D eigenvalue weighted by Crippen LogP contribution is 2.39. The molecule has 11 heteroatoms. The monoisotopic (exact) mass is 710 g/mol. The highest BCUT2D eigenvalue weighted by Gasteiger charge is 2.39. The van der Waals surface area contributed by atoms with Gasteiger partial charge in [-0.15, -0.1) is 10.1 Å². The molecule has 0 fully saturated rings. The van der Waals surface area contributed by atoms with Crippen molar-refractivity contribution in [2.45, 2.75) is 135 Å². The van der Waals surface area contributed by atoms with Gasteiger partial charge in [0.1, 0.15) is 5.75 Å². The molecule has 0 bridgehead atoms. The van der Waals surface area contributed by atoms with E-state index < -0.39 is 22.3 Å². The highest BCUT2D eigenvalue weighted by atomic mass is 17.0. The van der Waals surface area contributed by atoms with Crippen LogP contribution in [-0.4, -0.2) is 62.1 Å². The minimum Gasteiger partial charge on any atom is -0.493 e. The summed E-state index contributed by atoms with van der Waals surface area (Å²) < 4.78 is 17.2. The number of amides is 1.